The van der Waals surface area contributed by atoms with Crippen LogP contribution in [-0.4, -0.2) is 48.1 Å². The first-order valence-corrected chi connectivity index (χ1v) is 5.91. The summed E-state index contributed by atoms with van der Waals surface area (Å²) in [5, 5.41) is 12.9. The highest BCUT2D eigenvalue weighted by molar-refractivity contribution is 5.86. The average Bonchev–Trinajstić information content (AvgIpc) is 2.78. The molecular formula is C12H17N3O5. The number of aliphatic carboxylic acids is 1. The number of hydrogen-bond donors (Lipinski definition) is 3. The van der Waals surface area contributed by atoms with Gasteiger partial charge in [0.1, 0.15) is 18.1 Å². The molecule has 0 saturated heterocycles. The van der Waals surface area contributed by atoms with Crippen molar-refractivity contribution < 1.29 is 23.9 Å². The quantitative estimate of drug-likeness (QED) is 0.676. The minimum Gasteiger partial charge on any atom is -0.480 e. The Hall–Kier alpha value is -2.51. The monoisotopic (exact) mass is 283 g/mol. The van der Waals surface area contributed by atoms with Gasteiger partial charge in [-0.25, -0.2) is 4.79 Å². The smallest absolute Gasteiger partial charge is 0.322 e. The predicted octanol–water partition coefficient (Wildman–Crippen LogP) is -0.0698. The molecular weight excluding hydrogens is 266 g/mol. The van der Waals surface area contributed by atoms with Crippen molar-refractivity contribution in [3.63, 3.8) is 0 Å². The van der Waals surface area contributed by atoms with E-state index >= 15 is 0 Å². The summed E-state index contributed by atoms with van der Waals surface area (Å²) in [6.45, 7) is 1.32. The second kappa shape index (κ2) is 7.17. The Balaban J connectivity index is 2.31. The summed E-state index contributed by atoms with van der Waals surface area (Å²) < 4.78 is 5.33. The van der Waals surface area contributed by atoms with Gasteiger partial charge in [0.15, 0.2) is 0 Å². The molecule has 3 amide bonds. The molecule has 0 fully saturated rings. The molecule has 0 aliphatic carbocycles. The summed E-state index contributed by atoms with van der Waals surface area (Å²) in [5.41, 5.74) is 0. The number of carboxylic acids is 1. The highest BCUT2D eigenvalue weighted by atomic mass is 16.4. The average molecular weight is 283 g/mol. The number of nitrogens with one attached hydrogen (secondary N) is 2. The molecule has 1 aromatic rings. The fraction of sp³-hybridized carbons (Fsp3) is 0.417. The molecule has 110 valence electrons. The van der Waals surface area contributed by atoms with Crippen molar-refractivity contribution in [3.8, 4) is 0 Å². The van der Waals surface area contributed by atoms with Crippen LogP contribution in [-0.2, 0) is 16.1 Å². The van der Waals surface area contributed by atoms with E-state index in [-0.39, 0.29) is 13.1 Å². The van der Waals surface area contributed by atoms with Crippen LogP contribution in [0.5, 0.6) is 0 Å². The van der Waals surface area contributed by atoms with Gasteiger partial charge >= 0.3 is 12.0 Å². The van der Waals surface area contributed by atoms with Crippen LogP contribution in [0.2, 0.25) is 0 Å². The van der Waals surface area contributed by atoms with Crippen molar-refractivity contribution >= 4 is 17.9 Å². The van der Waals surface area contributed by atoms with Crippen LogP contribution < -0.4 is 10.6 Å². The van der Waals surface area contributed by atoms with Crippen LogP contribution in [0.15, 0.2) is 16.5 Å². The summed E-state index contributed by atoms with van der Waals surface area (Å²) in [6, 6.07) is 3.10. The van der Waals surface area contributed by atoms with Gasteiger partial charge in [-0.05, 0) is 19.1 Å². The molecule has 8 heteroatoms. The topological polar surface area (TPSA) is 112 Å². The molecule has 0 bridgehead atoms. The van der Waals surface area contributed by atoms with E-state index in [9.17, 15) is 14.4 Å². The summed E-state index contributed by atoms with van der Waals surface area (Å²) >= 11 is 0. The van der Waals surface area contributed by atoms with Crippen molar-refractivity contribution in [2.24, 2.45) is 0 Å². The van der Waals surface area contributed by atoms with Crippen LogP contribution in [0.25, 0.3) is 0 Å². The highest BCUT2D eigenvalue weighted by Gasteiger charge is 2.12. The fourth-order valence-electron chi connectivity index (χ4n) is 1.40. The number of aryl methyl sites for hydroxylation is 1. The van der Waals surface area contributed by atoms with E-state index in [1.165, 1.54) is 4.90 Å². The number of amides is 3. The Kier molecular flexibility index (Phi) is 5.57. The van der Waals surface area contributed by atoms with Crippen molar-refractivity contribution in [1.29, 1.82) is 0 Å². The number of carbonyl (C=O) groups is 3. The van der Waals surface area contributed by atoms with Crippen LogP contribution in [0.4, 0.5) is 4.79 Å². The van der Waals surface area contributed by atoms with E-state index < -0.39 is 24.5 Å². The molecule has 0 aliphatic heterocycles. The van der Waals surface area contributed by atoms with E-state index in [0.29, 0.717) is 5.76 Å². The van der Waals surface area contributed by atoms with Crippen molar-refractivity contribution in [2.75, 3.05) is 20.1 Å². The molecule has 20 heavy (non-hydrogen) atoms. The first-order chi connectivity index (χ1) is 9.38. The van der Waals surface area contributed by atoms with Gasteiger partial charge in [0.05, 0.1) is 13.1 Å². The van der Waals surface area contributed by atoms with Gasteiger partial charge in [0.2, 0.25) is 5.91 Å². The minimum absolute atomic E-state index is 0.274. The molecule has 8 nitrogen and oxygen atoms in total. The molecule has 0 aromatic carbocycles. The first-order valence-electron chi connectivity index (χ1n) is 5.91. The Morgan fingerprint density at radius 1 is 1.25 bits per heavy atom. The Morgan fingerprint density at radius 3 is 2.50 bits per heavy atom. The SMILES string of the molecule is Cc1ccc(CN(C)C(=O)NCC(=O)NCC(=O)O)o1. The number of carboxylic acid groups (broad SMARTS) is 1. The number of furan rings is 1. The molecule has 0 atom stereocenters. The molecule has 0 aliphatic rings. The fourth-order valence-corrected chi connectivity index (χ4v) is 1.40. The third-order valence-corrected chi connectivity index (χ3v) is 2.37. The molecule has 0 radical (unpaired) electrons. The van der Waals surface area contributed by atoms with Crippen LogP contribution >= 0.6 is 0 Å². The molecule has 1 aromatic heterocycles. The van der Waals surface area contributed by atoms with Crippen LogP contribution in [0.1, 0.15) is 11.5 Å². The van der Waals surface area contributed by atoms with Crippen molar-refractivity contribution in [3.05, 3.63) is 23.7 Å². The number of nitrogens with zero attached hydrogens (tertiary/aromatic N) is 1. The van der Waals surface area contributed by atoms with Crippen molar-refractivity contribution in [1.82, 2.24) is 15.5 Å². The summed E-state index contributed by atoms with van der Waals surface area (Å²) in [6.07, 6.45) is 0. The van der Waals surface area contributed by atoms with Gasteiger partial charge in [-0.2, -0.15) is 0 Å². The lowest BCUT2D eigenvalue weighted by molar-refractivity contribution is -0.137. The zero-order valence-corrected chi connectivity index (χ0v) is 11.3. The largest absolute Gasteiger partial charge is 0.480 e. The third-order valence-electron chi connectivity index (χ3n) is 2.37. The second-order valence-corrected chi connectivity index (χ2v) is 4.20. The predicted molar refractivity (Wildman–Crippen MR) is 69.0 cm³/mol. The number of urea groups is 1. The lowest BCUT2D eigenvalue weighted by Crippen LogP contribution is -2.43. The normalized spacial score (nSPS) is 9.90. The second-order valence-electron chi connectivity index (χ2n) is 4.20. The molecule has 1 heterocycles. The zero-order chi connectivity index (χ0) is 15.1. The lowest BCUT2D eigenvalue weighted by Gasteiger charge is -2.16. The lowest BCUT2D eigenvalue weighted by atomic mass is 10.4. The maximum Gasteiger partial charge on any atom is 0.322 e. The van der Waals surface area contributed by atoms with E-state index in [1.54, 1.807) is 26.1 Å². The highest BCUT2D eigenvalue weighted by Crippen LogP contribution is 2.08. The standard InChI is InChI=1S/C12H17N3O5/c1-8-3-4-9(20-8)7-15(2)12(19)14-5-10(16)13-6-11(17)18/h3-4H,5-7H2,1-2H3,(H,13,16)(H,14,19)(H,17,18). The van der Waals surface area contributed by atoms with Gasteiger partial charge in [0, 0.05) is 7.05 Å². The van der Waals surface area contributed by atoms with Crippen LogP contribution in [0, 0.1) is 6.92 Å². The van der Waals surface area contributed by atoms with Crippen molar-refractivity contribution in [2.45, 2.75) is 13.5 Å². The third kappa shape index (κ3) is 5.42. The minimum atomic E-state index is -1.14. The van der Waals surface area contributed by atoms with Crippen LogP contribution in [0.3, 0.4) is 0 Å². The Labute approximate surface area is 115 Å². The molecule has 0 unspecified atom stereocenters. The van der Waals surface area contributed by atoms with Gasteiger partial charge in [-0.1, -0.05) is 0 Å². The number of carbonyl (C=O) groups excluding carboxylic acids is 2. The maximum absolute atomic E-state index is 11.7. The van der Waals surface area contributed by atoms with Gasteiger partial charge in [-0.15, -0.1) is 0 Å². The first kappa shape index (κ1) is 15.5. The Bertz CT molecular complexity index is 497. The number of rotatable bonds is 6. The summed E-state index contributed by atoms with van der Waals surface area (Å²) in [4.78, 5) is 34.5. The van der Waals surface area contributed by atoms with Gasteiger partial charge < -0.3 is 25.1 Å². The van der Waals surface area contributed by atoms with Gasteiger partial charge in [0.25, 0.3) is 0 Å². The van der Waals surface area contributed by atoms with E-state index in [1.807, 2.05) is 0 Å². The Morgan fingerprint density at radius 2 is 1.95 bits per heavy atom. The molecule has 0 spiro atoms. The summed E-state index contributed by atoms with van der Waals surface area (Å²) in [7, 11) is 1.56. The van der Waals surface area contributed by atoms with Gasteiger partial charge in [-0.3, -0.25) is 9.59 Å². The summed E-state index contributed by atoms with van der Waals surface area (Å²) in [5.74, 6) is -0.324. The maximum atomic E-state index is 11.7. The van der Waals surface area contributed by atoms with E-state index in [0.717, 1.165) is 5.76 Å². The molecule has 0 saturated carbocycles. The van der Waals surface area contributed by atoms with E-state index in [2.05, 4.69) is 10.6 Å². The van der Waals surface area contributed by atoms with E-state index in [4.69, 9.17) is 9.52 Å². The molecule has 3 N–H and O–H groups in total. The molecule has 1 rings (SSSR count). The number of hydrogen-bond acceptors (Lipinski definition) is 4. The zero-order valence-electron chi connectivity index (χ0n) is 11.3.